The molecule has 3 saturated carbocycles. The highest BCUT2D eigenvalue weighted by Gasteiger charge is 2.54. The maximum absolute atomic E-state index is 10.2. The minimum absolute atomic E-state index is 0.0718. The zero-order chi connectivity index (χ0) is 8.98. The van der Waals surface area contributed by atoms with Crippen LogP contribution in [-0.4, -0.2) is 11.2 Å². The molecule has 0 radical (unpaired) electrons. The standard InChI is InChI=1S/C11H20O/c1-10(2)8-4-6-11(3,7-5-8)9(10)12/h8-9,12H,4-7H2,1-3H3. The summed E-state index contributed by atoms with van der Waals surface area (Å²) in [5.41, 5.74) is 0.406. The van der Waals surface area contributed by atoms with E-state index in [0.29, 0.717) is 0 Å². The minimum Gasteiger partial charge on any atom is -0.392 e. The summed E-state index contributed by atoms with van der Waals surface area (Å²) in [5.74, 6) is 0.773. The van der Waals surface area contributed by atoms with Gasteiger partial charge >= 0.3 is 0 Å². The molecule has 0 aliphatic heterocycles. The van der Waals surface area contributed by atoms with Gasteiger partial charge in [-0.05, 0) is 42.4 Å². The van der Waals surface area contributed by atoms with E-state index in [4.69, 9.17) is 0 Å². The highest BCUT2D eigenvalue weighted by molar-refractivity contribution is 5.04. The van der Waals surface area contributed by atoms with Gasteiger partial charge in [-0.15, -0.1) is 0 Å². The smallest absolute Gasteiger partial charge is 0.0647 e. The van der Waals surface area contributed by atoms with Crippen LogP contribution in [0.4, 0.5) is 0 Å². The molecule has 70 valence electrons. The summed E-state index contributed by atoms with van der Waals surface area (Å²) in [7, 11) is 0. The molecule has 0 amide bonds. The van der Waals surface area contributed by atoms with Gasteiger partial charge in [-0.2, -0.15) is 0 Å². The molecule has 0 aromatic heterocycles. The highest BCUT2D eigenvalue weighted by Crippen LogP contribution is 2.58. The zero-order valence-electron chi connectivity index (χ0n) is 8.43. The lowest BCUT2D eigenvalue weighted by molar-refractivity contribution is -0.155. The molecular weight excluding hydrogens is 148 g/mol. The van der Waals surface area contributed by atoms with Crippen molar-refractivity contribution in [3.8, 4) is 0 Å². The van der Waals surface area contributed by atoms with Crippen LogP contribution in [0.25, 0.3) is 0 Å². The summed E-state index contributed by atoms with van der Waals surface area (Å²) < 4.78 is 0. The Morgan fingerprint density at radius 2 is 1.58 bits per heavy atom. The topological polar surface area (TPSA) is 20.2 Å². The maximum Gasteiger partial charge on any atom is 0.0647 e. The van der Waals surface area contributed by atoms with E-state index in [1.807, 2.05) is 0 Å². The Hall–Kier alpha value is -0.0400. The summed E-state index contributed by atoms with van der Waals surface area (Å²) in [4.78, 5) is 0. The number of hydrogen-bond donors (Lipinski definition) is 1. The predicted octanol–water partition coefficient (Wildman–Crippen LogP) is 2.58. The van der Waals surface area contributed by atoms with Gasteiger partial charge in [0.15, 0.2) is 0 Å². The molecule has 12 heavy (non-hydrogen) atoms. The predicted molar refractivity (Wildman–Crippen MR) is 49.9 cm³/mol. The van der Waals surface area contributed by atoms with Gasteiger partial charge in [0, 0.05) is 0 Å². The van der Waals surface area contributed by atoms with E-state index in [0.717, 1.165) is 5.92 Å². The van der Waals surface area contributed by atoms with Crippen molar-refractivity contribution in [2.75, 3.05) is 0 Å². The van der Waals surface area contributed by atoms with Crippen molar-refractivity contribution >= 4 is 0 Å². The van der Waals surface area contributed by atoms with Gasteiger partial charge in [-0.1, -0.05) is 20.8 Å². The maximum atomic E-state index is 10.2. The highest BCUT2D eigenvalue weighted by atomic mass is 16.3. The van der Waals surface area contributed by atoms with E-state index in [9.17, 15) is 5.11 Å². The number of hydrogen-bond acceptors (Lipinski definition) is 1. The summed E-state index contributed by atoms with van der Waals surface area (Å²) in [6.07, 6.45) is 5.07. The fourth-order valence-corrected chi connectivity index (χ4v) is 3.42. The Bertz CT molecular complexity index is 182. The molecule has 3 aliphatic carbocycles. The van der Waals surface area contributed by atoms with Gasteiger partial charge in [0.05, 0.1) is 6.10 Å². The molecule has 1 nitrogen and oxygen atoms in total. The third-order valence-electron chi connectivity index (χ3n) is 4.54. The Kier molecular flexibility index (Phi) is 1.61. The number of rotatable bonds is 0. The van der Waals surface area contributed by atoms with E-state index < -0.39 is 0 Å². The first-order chi connectivity index (χ1) is 5.47. The van der Waals surface area contributed by atoms with Crippen molar-refractivity contribution < 1.29 is 5.11 Å². The average Bonchev–Trinajstić information content (AvgIpc) is 2.01. The summed E-state index contributed by atoms with van der Waals surface area (Å²) in [6.45, 7) is 6.73. The molecular formula is C11H20O. The van der Waals surface area contributed by atoms with E-state index in [-0.39, 0.29) is 16.9 Å². The Morgan fingerprint density at radius 3 is 1.92 bits per heavy atom. The fourth-order valence-electron chi connectivity index (χ4n) is 3.42. The van der Waals surface area contributed by atoms with Crippen LogP contribution in [0.1, 0.15) is 46.5 Å². The van der Waals surface area contributed by atoms with Crippen molar-refractivity contribution in [1.29, 1.82) is 0 Å². The van der Waals surface area contributed by atoms with Gasteiger partial charge in [0.25, 0.3) is 0 Å². The first-order valence-corrected chi connectivity index (χ1v) is 5.15. The summed E-state index contributed by atoms with van der Waals surface area (Å²) in [6, 6.07) is 0. The number of aliphatic hydroxyl groups excluding tert-OH is 1. The minimum atomic E-state index is -0.0718. The number of aliphatic hydroxyl groups is 1. The molecule has 0 saturated heterocycles. The second-order valence-corrected chi connectivity index (χ2v) is 5.65. The van der Waals surface area contributed by atoms with Crippen molar-refractivity contribution in [3.05, 3.63) is 0 Å². The van der Waals surface area contributed by atoms with Crippen molar-refractivity contribution in [3.63, 3.8) is 0 Å². The second-order valence-electron chi connectivity index (χ2n) is 5.65. The molecule has 1 unspecified atom stereocenters. The zero-order valence-corrected chi connectivity index (χ0v) is 8.43. The Balaban J connectivity index is 2.32. The first kappa shape index (κ1) is 8.55. The molecule has 1 atom stereocenters. The van der Waals surface area contributed by atoms with E-state index in [1.54, 1.807) is 0 Å². The lowest BCUT2D eigenvalue weighted by Crippen LogP contribution is -2.55. The molecule has 2 bridgehead atoms. The van der Waals surface area contributed by atoms with Gasteiger partial charge in [-0.25, -0.2) is 0 Å². The number of fused-ring (bicyclic) bond motifs is 3. The van der Waals surface area contributed by atoms with Crippen LogP contribution in [0.2, 0.25) is 0 Å². The third-order valence-corrected chi connectivity index (χ3v) is 4.54. The largest absolute Gasteiger partial charge is 0.392 e. The molecule has 0 heterocycles. The van der Waals surface area contributed by atoms with Gasteiger partial charge < -0.3 is 5.11 Å². The molecule has 3 fully saturated rings. The quantitative estimate of drug-likeness (QED) is 0.589. The van der Waals surface area contributed by atoms with E-state index >= 15 is 0 Å². The third kappa shape index (κ3) is 0.891. The van der Waals surface area contributed by atoms with Crippen molar-refractivity contribution in [2.45, 2.75) is 52.6 Å². The fraction of sp³-hybridized carbons (Fsp3) is 1.00. The monoisotopic (exact) mass is 168 g/mol. The Morgan fingerprint density at radius 1 is 1.08 bits per heavy atom. The van der Waals surface area contributed by atoms with Crippen LogP contribution in [0.3, 0.4) is 0 Å². The van der Waals surface area contributed by atoms with Gasteiger partial charge in [-0.3, -0.25) is 0 Å². The van der Waals surface area contributed by atoms with Crippen molar-refractivity contribution in [2.24, 2.45) is 16.7 Å². The molecule has 3 aliphatic rings. The van der Waals surface area contributed by atoms with E-state index in [2.05, 4.69) is 20.8 Å². The van der Waals surface area contributed by atoms with Crippen molar-refractivity contribution in [1.82, 2.24) is 0 Å². The molecule has 0 spiro atoms. The van der Waals surface area contributed by atoms with Crippen LogP contribution in [0, 0.1) is 16.7 Å². The molecule has 1 heteroatoms. The lowest BCUT2D eigenvalue weighted by atomic mass is 9.50. The van der Waals surface area contributed by atoms with Crippen LogP contribution in [-0.2, 0) is 0 Å². The van der Waals surface area contributed by atoms with Crippen LogP contribution in [0.15, 0.2) is 0 Å². The van der Waals surface area contributed by atoms with Gasteiger partial charge in [0.1, 0.15) is 0 Å². The molecule has 1 N–H and O–H groups in total. The van der Waals surface area contributed by atoms with Crippen LogP contribution in [0.5, 0.6) is 0 Å². The van der Waals surface area contributed by atoms with Crippen LogP contribution >= 0.6 is 0 Å². The first-order valence-electron chi connectivity index (χ1n) is 5.15. The normalized spacial score (nSPS) is 51.0. The average molecular weight is 168 g/mol. The van der Waals surface area contributed by atoms with Gasteiger partial charge in [0.2, 0.25) is 0 Å². The SMILES string of the molecule is CC12CCC(CC1)C(C)(C)C2O. The molecule has 3 rings (SSSR count). The molecule has 0 aromatic carbocycles. The summed E-state index contributed by atoms with van der Waals surface area (Å²) in [5, 5.41) is 10.2. The molecule has 0 aromatic rings. The lowest BCUT2D eigenvalue weighted by Gasteiger charge is -2.57. The van der Waals surface area contributed by atoms with Crippen LogP contribution < -0.4 is 0 Å². The summed E-state index contributed by atoms with van der Waals surface area (Å²) >= 11 is 0. The Labute approximate surface area is 75.2 Å². The second kappa shape index (κ2) is 2.25. The van der Waals surface area contributed by atoms with E-state index in [1.165, 1.54) is 25.7 Å².